The summed E-state index contributed by atoms with van der Waals surface area (Å²) < 4.78 is 1.78. The first-order valence-electron chi connectivity index (χ1n) is 9.94. The summed E-state index contributed by atoms with van der Waals surface area (Å²) >= 11 is 1.37. The molecule has 0 N–H and O–H groups in total. The van der Waals surface area contributed by atoms with Crippen molar-refractivity contribution >= 4 is 27.5 Å². The Balaban J connectivity index is 1.56. The molecule has 28 heavy (non-hydrogen) atoms. The van der Waals surface area contributed by atoms with Crippen LogP contribution in [0.15, 0.2) is 29.1 Å². The third kappa shape index (κ3) is 2.54. The van der Waals surface area contributed by atoms with Gasteiger partial charge >= 0.3 is 0 Å². The van der Waals surface area contributed by atoms with Crippen LogP contribution < -0.4 is 5.56 Å². The zero-order valence-electron chi connectivity index (χ0n) is 16.2. The lowest BCUT2D eigenvalue weighted by Gasteiger charge is -2.33. The molecule has 1 aliphatic carbocycles. The Morgan fingerprint density at radius 3 is 2.93 bits per heavy atom. The Bertz CT molecular complexity index is 1160. The van der Waals surface area contributed by atoms with Crippen LogP contribution in [0.4, 0.5) is 0 Å². The Morgan fingerprint density at radius 1 is 1.25 bits per heavy atom. The molecule has 2 aliphatic rings. The van der Waals surface area contributed by atoms with E-state index in [1.807, 2.05) is 24.9 Å². The van der Waals surface area contributed by atoms with Crippen molar-refractivity contribution in [2.24, 2.45) is 0 Å². The Hall–Kier alpha value is -2.47. The van der Waals surface area contributed by atoms with E-state index in [0.717, 1.165) is 50.0 Å². The van der Waals surface area contributed by atoms with Gasteiger partial charge in [-0.15, -0.1) is 11.3 Å². The van der Waals surface area contributed by atoms with Crippen molar-refractivity contribution in [3.05, 3.63) is 62.0 Å². The van der Waals surface area contributed by atoms with E-state index in [0.29, 0.717) is 15.1 Å². The molecular weight excluding hydrogens is 370 g/mol. The average Bonchev–Trinajstić information content (AvgIpc) is 3.31. The number of thiophene rings is 1. The van der Waals surface area contributed by atoms with Crippen LogP contribution in [0, 0.1) is 6.92 Å². The topological polar surface area (TPSA) is 55.2 Å². The molecular formula is C22H23N3O2S. The molecule has 0 bridgehead atoms. The van der Waals surface area contributed by atoms with Crippen molar-refractivity contribution in [1.29, 1.82) is 0 Å². The highest BCUT2D eigenvalue weighted by Gasteiger charge is 2.30. The summed E-state index contributed by atoms with van der Waals surface area (Å²) in [5, 5.41) is 0.622. The number of fused-ring (bicyclic) bond motifs is 3. The van der Waals surface area contributed by atoms with Crippen LogP contribution >= 0.6 is 11.3 Å². The van der Waals surface area contributed by atoms with Crippen LogP contribution in [0.1, 0.15) is 57.5 Å². The average molecular weight is 394 g/mol. The van der Waals surface area contributed by atoms with E-state index < -0.39 is 0 Å². The van der Waals surface area contributed by atoms with Crippen molar-refractivity contribution in [3.63, 3.8) is 0 Å². The minimum Gasteiger partial charge on any atom is -0.334 e. The molecule has 2 aromatic heterocycles. The number of hydrogen-bond donors (Lipinski definition) is 0. The molecule has 6 heteroatoms. The first kappa shape index (κ1) is 17.6. The molecule has 5 nitrogen and oxygen atoms in total. The van der Waals surface area contributed by atoms with E-state index in [-0.39, 0.29) is 17.5 Å². The van der Waals surface area contributed by atoms with Gasteiger partial charge in [0.2, 0.25) is 0 Å². The summed E-state index contributed by atoms with van der Waals surface area (Å²) in [6.07, 6.45) is 4.93. The Labute approximate surface area is 167 Å². The monoisotopic (exact) mass is 393 g/mol. The lowest BCUT2D eigenvalue weighted by molar-refractivity contribution is 0.0719. The van der Waals surface area contributed by atoms with Gasteiger partial charge in [0.15, 0.2) is 0 Å². The highest BCUT2D eigenvalue weighted by molar-refractivity contribution is 7.20. The van der Waals surface area contributed by atoms with Crippen LogP contribution in [0.3, 0.4) is 0 Å². The number of nitrogens with zero attached hydrogens (tertiary/aromatic N) is 3. The molecule has 1 amide bonds. The maximum Gasteiger partial charge on any atom is 0.264 e. The number of hydrogen-bond acceptors (Lipinski definition) is 4. The van der Waals surface area contributed by atoms with E-state index in [2.05, 4.69) is 18.2 Å². The van der Waals surface area contributed by atoms with Crippen LogP contribution in [-0.4, -0.2) is 27.4 Å². The lowest BCUT2D eigenvalue weighted by Crippen LogP contribution is -2.33. The quantitative estimate of drug-likeness (QED) is 0.664. The molecule has 0 fully saturated rings. The molecule has 3 heterocycles. The number of aromatic nitrogens is 2. The van der Waals surface area contributed by atoms with Crippen molar-refractivity contribution in [2.75, 3.05) is 7.05 Å². The van der Waals surface area contributed by atoms with Gasteiger partial charge in [-0.2, -0.15) is 0 Å². The minimum absolute atomic E-state index is 0.00763. The number of rotatable bonds is 2. The maximum absolute atomic E-state index is 13.4. The molecule has 1 aromatic carbocycles. The normalized spacial score (nSPS) is 18.1. The Morgan fingerprint density at radius 2 is 2.07 bits per heavy atom. The smallest absolute Gasteiger partial charge is 0.264 e. The van der Waals surface area contributed by atoms with Crippen LogP contribution in [0.5, 0.6) is 0 Å². The molecule has 5 rings (SSSR count). The Kier molecular flexibility index (Phi) is 4.12. The van der Waals surface area contributed by atoms with Crippen molar-refractivity contribution in [3.8, 4) is 0 Å². The molecule has 0 spiro atoms. The zero-order chi connectivity index (χ0) is 19.4. The summed E-state index contributed by atoms with van der Waals surface area (Å²) in [6, 6.07) is 8.50. The molecule has 0 radical (unpaired) electrons. The van der Waals surface area contributed by atoms with Gasteiger partial charge in [-0.3, -0.25) is 14.2 Å². The van der Waals surface area contributed by atoms with E-state index in [4.69, 9.17) is 4.98 Å². The number of aryl methyl sites for hydroxylation is 3. The van der Waals surface area contributed by atoms with E-state index >= 15 is 0 Å². The molecule has 1 atom stereocenters. The second-order valence-electron chi connectivity index (χ2n) is 7.85. The second kappa shape index (κ2) is 6.55. The molecule has 0 saturated carbocycles. The van der Waals surface area contributed by atoms with Crippen molar-refractivity contribution in [2.45, 2.75) is 51.6 Å². The summed E-state index contributed by atoms with van der Waals surface area (Å²) in [6.45, 7) is 2.62. The van der Waals surface area contributed by atoms with Crippen LogP contribution in [-0.2, 0) is 19.4 Å². The first-order valence-corrected chi connectivity index (χ1v) is 10.8. The first-order chi connectivity index (χ1) is 13.6. The highest BCUT2D eigenvalue weighted by Crippen LogP contribution is 2.36. The van der Waals surface area contributed by atoms with E-state index in [9.17, 15) is 9.59 Å². The van der Waals surface area contributed by atoms with Crippen molar-refractivity contribution in [1.82, 2.24) is 14.5 Å². The minimum atomic E-state index is -0.00763. The zero-order valence-corrected chi connectivity index (χ0v) is 17.0. The second-order valence-corrected chi connectivity index (χ2v) is 8.85. The standard InChI is InChI=1S/C22H23N3O2S/c1-13-18-20(23-17-11-6-12-25(17)21(18)26)28-19(13)22(27)24(2)16-10-5-8-14-7-3-4-9-15(14)16/h3-4,7,9,16H,5-6,8,10-12H2,1-2H3. The van der Waals surface area contributed by atoms with E-state index in [1.54, 1.807) is 4.57 Å². The summed E-state index contributed by atoms with van der Waals surface area (Å²) in [7, 11) is 1.89. The molecule has 0 saturated heterocycles. The van der Waals surface area contributed by atoms with Crippen LogP contribution in [0.25, 0.3) is 10.2 Å². The number of carbonyl (C=O) groups excluding carboxylic acids is 1. The van der Waals surface area contributed by atoms with Gasteiger partial charge in [0.1, 0.15) is 10.7 Å². The number of amides is 1. The highest BCUT2D eigenvalue weighted by atomic mass is 32.1. The molecule has 144 valence electrons. The predicted molar refractivity (Wildman–Crippen MR) is 111 cm³/mol. The van der Waals surface area contributed by atoms with Gasteiger partial charge < -0.3 is 4.90 Å². The third-order valence-electron chi connectivity index (χ3n) is 6.23. The van der Waals surface area contributed by atoms with Gasteiger partial charge in [-0.25, -0.2) is 4.98 Å². The van der Waals surface area contributed by atoms with Gasteiger partial charge in [-0.1, -0.05) is 24.3 Å². The SMILES string of the molecule is Cc1c(C(=O)N(C)C2CCCc3ccccc32)sc2nc3n(c(=O)c12)CCC3. The van der Waals surface area contributed by atoms with Gasteiger partial charge in [-0.05, 0) is 49.3 Å². The lowest BCUT2D eigenvalue weighted by atomic mass is 9.87. The maximum atomic E-state index is 13.4. The number of benzene rings is 1. The summed E-state index contributed by atoms with van der Waals surface area (Å²) in [5.74, 6) is 0.846. The van der Waals surface area contributed by atoms with Crippen LogP contribution in [0.2, 0.25) is 0 Å². The molecule has 1 aliphatic heterocycles. The molecule has 3 aromatic rings. The fraction of sp³-hybridized carbons (Fsp3) is 0.409. The largest absolute Gasteiger partial charge is 0.334 e. The summed E-state index contributed by atoms with van der Waals surface area (Å²) in [5.41, 5.74) is 3.37. The van der Waals surface area contributed by atoms with Gasteiger partial charge in [0.25, 0.3) is 11.5 Å². The fourth-order valence-electron chi connectivity index (χ4n) is 4.71. The summed E-state index contributed by atoms with van der Waals surface area (Å²) in [4.78, 5) is 34.2. The van der Waals surface area contributed by atoms with Crippen molar-refractivity contribution < 1.29 is 4.79 Å². The number of carbonyl (C=O) groups is 1. The third-order valence-corrected chi connectivity index (χ3v) is 7.41. The van der Waals surface area contributed by atoms with Gasteiger partial charge in [0, 0.05) is 20.0 Å². The fourth-order valence-corrected chi connectivity index (χ4v) is 5.88. The van der Waals surface area contributed by atoms with Gasteiger partial charge in [0.05, 0.1) is 16.3 Å². The predicted octanol–water partition coefficient (Wildman–Crippen LogP) is 3.86. The molecule has 1 unspecified atom stereocenters. The van der Waals surface area contributed by atoms with E-state index in [1.165, 1.54) is 22.5 Å².